The molecule has 0 aliphatic carbocycles. The normalized spacial score (nSPS) is 11.8. The average molecular weight is 393 g/mol. The minimum atomic E-state index is 0.00221. The number of fused-ring (bicyclic) bond motifs is 3. The minimum absolute atomic E-state index is 0.00221. The Labute approximate surface area is 168 Å². The molecular weight excluding hydrogens is 368 g/mol. The summed E-state index contributed by atoms with van der Waals surface area (Å²) in [7, 11) is 0. The van der Waals surface area contributed by atoms with Crippen molar-refractivity contribution in [1.29, 1.82) is 0 Å². The second-order valence-corrected chi connectivity index (χ2v) is 8.66. The van der Waals surface area contributed by atoms with Crippen LogP contribution in [0.25, 0.3) is 16.7 Å². The van der Waals surface area contributed by atoms with E-state index in [1.54, 1.807) is 16.3 Å². The van der Waals surface area contributed by atoms with Crippen LogP contribution in [0.2, 0.25) is 0 Å². The summed E-state index contributed by atoms with van der Waals surface area (Å²) in [6, 6.07) is 14.5. The molecule has 0 saturated heterocycles. The number of aryl methyl sites for hydroxylation is 2. The van der Waals surface area contributed by atoms with Crippen LogP contribution in [0.5, 0.6) is 0 Å². The number of benzene rings is 2. The van der Waals surface area contributed by atoms with E-state index in [0.717, 1.165) is 22.0 Å². The highest BCUT2D eigenvalue weighted by Gasteiger charge is 2.17. The number of hydrogen-bond donors (Lipinski definition) is 0. The Balaban J connectivity index is 1.86. The van der Waals surface area contributed by atoms with E-state index in [4.69, 9.17) is 0 Å². The monoisotopic (exact) mass is 392 g/mol. The molecule has 0 bridgehead atoms. The SMILES string of the molecule is Cc1ccc(CSc2nnc3n(CC(C)C)c(=O)c4cc(C)ccc4n23)cc1. The van der Waals surface area contributed by atoms with Gasteiger partial charge in [0.1, 0.15) is 0 Å². The lowest BCUT2D eigenvalue weighted by molar-refractivity contribution is 0.517. The summed E-state index contributed by atoms with van der Waals surface area (Å²) in [5.74, 6) is 1.75. The van der Waals surface area contributed by atoms with Gasteiger partial charge in [0.05, 0.1) is 10.9 Å². The van der Waals surface area contributed by atoms with Crippen molar-refractivity contribution in [2.24, 2.45) is 5.92 Å². The van der Waals surface area contributed by atoms with Crippen LogP contribution in [0.4, 0.5) is 0 Å². The molecule has 0 N–H and O–H groups in total. The van der Waals surface area contributed by atoms with Crippen molar-refractivity contribution in [2.45, 2.75) is 45.1 Å². The number of aromatic nitrogens is 4. The molecule has 4 rings (SSSR count). The van der Waals surface area contributed by atoms with Gasteiger partial charge in [-0.25, -0.2) is 0 Å². The van der Waals surface area contributed by atoms with Crippen molar-refractivity contribution in [2.75, 3.05) is 0 Å². The molecule has 0 spiro atoms. The third kappa shape index (κ3) is 3.44. The molecule has 2 aromatic carbocycles. The van der Waals surface area contributed by atoms with Crippen LogP contribution in [-0.4, -0.2) is 19.2 Å². The first-order valence-electron chi connectivity index (χ1n) is 9.50. The molecule has 0 aliphatic rings. The topological polar surface area (TPSA) is 52.2 Å². The van der Waals surface area contributed by atoms with Gasteiger partial charge in [0.25, 0.3) is 5.56 Å². The molecule has 6 heteroatoms. The molecule has 28 heavy (non-hydrogen) atoms. The predicted octanol–water partition coefficient (Wildman–Crippen LogP) is 4.61. The Bertz CT molecular complexity index is 1210. The Kier molecular flexibility index (Phi) is 4.98. The zero-order valence-electron chi connectivity index (χ0n) is 16.6. The molecule has 0 fully saturated rings. The van der Waals surface area contributed by atoms with Crippen molar-refractivity contribution in [3.05, 3.63) is 69.5 Å². The third-order valence-corrected chi connectivity index (χ3v) is 5.76. The Hall–Kier alpha value is -2.60. The second-order valence-electron chi connectivity index (χ2n) is 7.72. The molecule has 4 aromatic rings. The van der Waals surface area contributed by atoms with Crippen LogP contribution in [-0.2, 0) is 12.3 Å². The zero-order chi connectivity index (χ0) is 19.8. The summed E-state index contributed by atoms with van der Waals surface area (Å²) in [6.07, 6.45) is 0. The molecule has 2 heterocycles. The van der Waals surface area contributed by atoms with Crippen molar-refractivity contribution in [3.63, 3.8) is 0 Å². The van der Waals surface area contributed by atoms with Crippen molar-refractivity contribution < 1.29 is 0 Å². The number of rotatable bonds is 5. The van der Waals surface area contributed by atoms with Gasteiger partial charge in [0.2, 0.25) is 5.78 Å². The quantitative estimate of drug-likeness (QED) is 0.466. The standard InChI is InChI=1S/C22H24N4OS/c1-14(2)12-25-20(27)18-11-16(4)7-10-19(18)26-21(25)23-24-22(26)28-13-17-8-5-15(3)6-9-17/h5-11,14H,12-13H2,1-4H3. The van der Waals surface area contributed by atoms with Gasteiger partial charge >= 0.3 is 0 Å². The fraction of sp³-hybridized carbons (Fsp3) is 0.318. The summed E-state index contributed by atoms with van der Waals surface area (Å²) in [5, 5.41) is 10.3. The van der Waals surface area contributed by atoms with Gasteiger partial charge in [-0.3, -0.25) is 13.8 Å². The van der Waals surface area contributed by atoms with Gasteiger partial charge in [-0.15, -0.1) is 10.2 Å². The van der Waals surface area contributed by atoms with Crippen LogP contribution in [0.15, 0.2) is 52.4 Å². The first-order chi connectivity index (χ1) is 13.4. The van der Waals surface area contributed by atoms with Crippen LogP contribution >= 0.6 is 11.8 Å². The van der Waals surface area contributed by atoms with Crippen LogP contribution < -0.4 is 5.56 Å². The maximum absolute atomic E-state index is 13.1. The highest BCUT2D eigenvalue weighted by atomic mass is 32.2. The second kappa shape index (κ2) is 7.43. The van der Waals surface area contributed by atoms with E-state index in [1.165, 1.54) is 11.1 Å². The number of thioether (sulfide) groups is 1. The fourth-order valence-electron chi connectivity index (χ4n) is 3.36. The van der Waals surface area contributed by atoms with Gasteiger partial charge < -0.3 is 0 Å². The number of nitrogens with zero attached hydrogens (tertiary/aromatic N) is 4. The van der Waals surface area contributed by atoms with E-state index >= 15 is 0 Å². The maximum Gasteiger partial charge on any atom is 0.262 e. The Morgan fingerprint density at radius 2 is 1.71 bits per heavy atom. The molecule has 0 amide bonds. The fourth-order valence-corrected chi connectivity index (χ4v) is 4.25. The third-order valence-electron chi connectivity index (χ3n) is 4.76. The molecule has 2 aromatic heterocycles. The van der Waals surface area contributed by atoms with Gasteiger partial charge in [0, 0.05) is 12.3 Å². The molecule has 0 aliphatic heterocycles. The van der Waals surface area contributed by atoms with Gasteiger partial charge in [-0.2, -0.15) is 0 Å². The molecule has 0 unspecified atom stereocenters. The molecule has 144 valence electrons. The smallest absolute Gasteiger partial charge is 0.262 e. The van der Waals surface area contributed by atoms with Crippen LogP contribution in [0.3, 0.4) is 0 Å². The highest BCUT2D eigenvalue weighted by molar-refractivity contribution is 7.98. The minimum Gasteiger partial charge on any atom is -0.276 e. The Morgan fingerprint density at radius 1 is 1.00 bits per heavy atom. The molecule has 5 nitrogen and oxygen atoms in total. The molecular formula is C22H24N4OS. The van der Waals surface area contributed by atoms with Gasteiger partial charge in [-0.05, 0) is 37.5 Å². The van der Waals surface area contributed by atoms with E-state index in [1.807, 2.05) is 29.5 Å². The molecule has 0 radical (unpaired) electrons. The highest BCUT2D eigenvalue weighted by Crippen LogP contribution is 2.25. The lowest BCUT2D eigenvalue weighted by atomic mass is 10.1. The summed E-state index contributed by atoms with van der Waals surface area (Å²) in [5.41, 5.74) is 4.43. The van der Waals surface area contributed by atoms with E-state index in [-0.39, 0.29) is 5.56 Å². The van der Waals surface area contributed by atoms with Crippen LogP contribution in [0.1, 0.15) is 30.5 Å². The van der Waals surface area contributed by atoms with Crippen molar-refractivity contribution in [3.8, 4) is 0 Å². The summed E-state index contributed by atoms with van der Waals surface area (Å²) < 4.78 is 3.78. The summed E-state index contributed by atoms with van der Waals surface area (Å²) in [4.78, 5) is 13.1. The first-order valence-corrected chi connectivity index (χ1v) is 10.5. The zero-order valence-corrected chi connectivity index (χ0v) is 17.5. The van der Waals surface area contributed by atoms with Crippen molar-refractivity contribution in [1.82, 2.24) is 19.2 Å². The largest absolute Gasteiger partial charge is 0.276 e. The van der Waals surface area contributed by atoms with E-state index in [0.29, 0.717) is 23.6 Å². The van der Waals surface area contributed by atoms with Crippen molar-refractivity contribution >= 4 is 28.4 Å². The van der Waals surface area contributed by atoms with E-state index in [2.05, 4.69) is 55.2 Å². The van der Waals surface area contributed by atoms with E-state index < -0.39 is 0 Å². The summed E-state index contributed by atoms with van der Waals surface area (Å²) in [6.45, 7) is 8.92. The maximum atomic E-state index is 13.1. The van der Waals surface area contributed by atoms with E-state index in [9.17, 15) is 4.79 Å². The average Bonchev–Trinajstić information content (AvgIpc) is 3.08. The lowest BCUT2D eigenvalue weighted by Gasteiger charge is -2.13. The van der Waals surface area contributed by atoms with Gasteiger partial charge in [0.15, 0.2) is 5.16 Å². The van der Waals surface area contributed by atoms with Gasteiger partial charge in [-0.1, -0.05) is 67.1 Å². The summed E-state index contributed by atoms with van der Waals surface area (Å²) >= 11 is 1.64. The number of hydrogen-bond acceptors (Lipinski definition) is 4. The Morgan fingerprint density at radius 3 is 2.43 bits per heavy atom. The van der Waals surface area contributed by atoms with Crippen LogP contribution in [0, 0.1) is 19.8 Å². The first kappa shape index (κ1) is 18.7. The molecule has 0 saturated carbocycles. The predicted molar refractivity (Wildman–Crippen MR) is 115 cm³/mol. The lowest BCUT2D eigenvalue weighted by Crippen LogP contribution is -2.25. The molecule has 0 atom stereocenters.